The molecular weight excluding hydrogens is 302 g/mol. The SMILES string of the molecule is CCc1cnc(N2CCCN(C(=O)c3cncc(C)c3)CC2)nc1. The summed E-state index contributed by atoms with van der Waals surface area (Å²) in [6, 6.07) is 1.89. The second-order valence-corrected chi connectivity index (χ2v) is 6.13. The Kier molecular flexibility index (Phi) is 5.03. The van der Waals surface area contributed by atoms with Gasteiger partial charge in [0.2, 0.25) is 5.95 Å². The maximum atomic E-state index is 12.7. The van der Waals surface area contributed by atoms with Gasteiger partial charge >= 0.3 is 0 Å². The second kappa shape index (κ2) is 7.38. The van der Waals surface area contributed by atoms with Crippen LogP contribution in [0.4, 0.5) is 5.95 Å². The number of hydrogen-bond acceptors (Lipinski definition) is 5. The summed E-state index contributed by atoms with van der Waals surface area (Å²) in [5, 5.41) is 0. The van der Waals surface area contributed by atoms with Gasteiger partial charge in [-0.1, -0.05) is 6.92 Å². The van der Waals surface area contributed by atoms with Crippen LogP contribution in [0.1, 0.15) is 34.8 Å². The molecule has 2 aromatic heterocycles. The van der Waals surface area contributed by atoms with Crippen molar-refractivity contribution < 1.29 is 4.79 Å². The van der Waals surface area contributed by atoms with Gasteiger partial charge in [0.05, 0.1) is 5.56 Å². The summed E-state index contributed by atoms with van der Waals surface area (Å²) in [7, 11) is 0. The zero-order chi connectivity index (χ0) is 16.9. The van der Waals surface area contributed by atoms with Gasteiger partial charge in [-0.05, 0) is 37.0 Å². The third kappa shape index (κ3) is 3.69. The maximum Gasteiger partial charge on any atom is 0.255 e. The van der Waals surface area contributed by atoms with Gasteiger partial charge in [-0.2, -0.15) is 0 Å². The van der Waals surface area contributed by atoms with Crippen LogP contribution in [0.15, 0.2) is 30.9 Å². The van der Waals surface area contributed by atoms with Crippen LogP contribution in [-0.4, -0.2) is 51.9 Å². The number of aryl methyl sites for hydroxylation is 2. The highest BCUT2D eigenvalue weighted by Crippen LogP contribution is 2.14. The first kappa shape index (κ1) is 16.4. The van der Waals surface area contributed by atoms with E-state index in [9.17, 15) is 4.79 Å². The molecule has 0 radical (unpaired) electrons. The average Bonchev–Trinajstić information content (AvgIpc) is 2.87. The van der Waals surface area contributed by atoms with Crippen molar-refractivity contribution in [2.24, 2.45) is 0 Å². The summed E-state index contributed by atoms with van der Waals surface area (Å²) in [6.45, 7) is 7.07. The lowest BCUT2D eigenvalue weighted by Crippen LogP contribution is -2.35. The fraction of sp³-hybridized carbons (Fsp3) is 0.444. The standard InChI is InChI=1S/C18H23N5O/c1-3-15-11-20-18(21-12-15)23-6-4-5-22(7-8-23)17(24)16-9-14(2)10-19-13-16/h9-13H,3-8H2,1-2H3. The van der Waals surface area contributed by atoms with Crippen LogP contribution in [0.5, 0.6) is 0 Å². The number of anilines is 1. The summed E-state index contributed by atoms with van der Waals surface area (Å²) in [4.78, 5) is 29.8. The number of carbonyl (C=O) groups is 1. The number of pyridine rings is 1. The van der Waals surface area contributed by atoms with Gasteiger partial charge in [0.15, 0.2) is 0 Å². The van der Waals surface area contributed by atoms with E-state index in [0.29, 0.717) is 12.1 Å². The highest BCUT2D eigenvalue weighted by atomic mass is 16.2. The molecule has 1 amide bonds. The van der Waals surface area contributed by atoms with Gasteiger partial charge in [-0.15, -0.1) is 0 Å². The molecule has 6 heteroatoms. The number of nitrogens with zero attached hydrogens (tertiary/aromatic N) is 5. The van der Waals surface area contributed by atoms with Crippen LogP contribution in [-0.2, 0) is 6.42 Å². The quantitative estimate of drug-likeness (QED) is 0.865. The summed E-state index contributed by atoms with van der Waals surface area (Å²) in [6.07, 6.45) is 9.02. The molecule has 6 nitrogen and oxygen atoms in total. The summed E-state index contributed by atoms with van der Waals surface area (Å²) in [5.41, 5.74) is 2.80. The Morgan fingerprint density at radius 1 is 1.08 bits per heavy atom. The molecule has 126 valence electrons. The summed E-state index contributed by atoms with van der Waals surface area (Å²) < 4.78 is 0. The van der Waals surface area contributed by atoms with Crippen molar-refractivity contribution in [2.45, 2.75) is 26.7 Å². The number of rotatable bonds is 3. The van der Waals surface area contributed by atoms with Crippen LogP contribution >= 0.6 is 0 Å². The zero-order valence-electron chi connectivity index (χ0n) is 14.3. The van der Waals surface area contributed by atoms with E-state index < -0.39 is 0 Å². The fourth-order valence-corrected chi connectivity index (χ4v) is 2.87. The minimum Gasteiger partial charge on any atom is -0.339 e. The Bertz CT molecular complexity index is 701. The van der Waals surface area contributed by atoms with E-state index in [2.05, 4.69) is 26.8 Å². The Hall–Kier alpha value is -2.50. The third-order valence-electron chi connectivity index (χ3n) is 4.29. The molecule has 0 N–H and O–H groups in total. The van der Waals surface area contributed by atoms with E-state index in [4.69, 9.17) is 0 Å². The average molecular weight is 325 g/mol. The van der Waals surface area contributed by atoms with Gasteiger partial charge in [0, 0.05) is 51.0 Å². The number of amides is 1. The van der Waals surface area contributed by atoms with Crippen molar-refractivity contribution in [3.8, 4) is 0 Å². The van der Waals surface area contributed by atoms with Crippen LogP contribution in [0.2, 0.25) is 0 Å². The predicted octanol–water partition coefficient (Wildman–Crippen LogP) is 2.09. The highest BCUT2D eigenvalue weighted by Gasteiger charge is 2.21. The van der Waals surface area contributed by atoms with Crippen molar-refractivity contribution in [1.82, 2.24) is 19.9 Å². The molecule has 1 aliphatic rings. The molecule has 0 aliphatic carbocycles. The van der Waals surface area contributed by atoms with Gasteiger partial charge < -0.3 is 9.80 Å². The van der Waals surface area contributed by atoms with E-state index in [0.717, 1.165) is 49.6 Å². The molecule has 3 heterocycles. The molecule has 1 aliphatic heterocycles. The molecule has 0 unspecified atom stereocenters. The van der Waals surface area contributed by atoms with Crippen molar-refractivity contribution in [1.29, 1.82) is 0 Å². The molecule has 24 heavy (non-hydrogen) atoms. The van der Waals surface area contributed by atoms with Crippen molar-refractivity contribution >= 4 is 11.9 Å². The Morgan fingerprint density at radius 3 is 2.58 bits per heavy atom. The minimum absolute atomic E-state index is 0.0512. The van der Waals surface area contributed by atoms with E-state index in [1.54, 1.807) is 12.4 Å². The molecule has 3 rings (SSSR count). The van der Waals surface area contributed by atoms with E-state index >= 15 is 0 Å². The molecule has 0 aromatic carbocycles. The largest absolute Gasteiger partial charge is 0.339 e. The highest BCUT2D eigenvalue weighted by molar-refractivity contribution is 5.94. The molecule has 0 saturated carbocycles. The lowest BCUT2D eigenvalue weighted by molar-refractivity contribution is 0.0766. The number of carbonyl (C=O) groups excluding carboxylic acids is 1. The Labute approximate surface area is 142 Å². The first-order chi connectivity index (χ1) is 11.7. The molecule has 1 saturated heterocycles. The first-order valence-electron chi connectivity index (χ1n) is 8.44. The van der Waals surface area contributed by atoms with E-state index in [1.807, 2.05) is 30.3 Å². The molecule has 0 spiro atoms. The molecule has 1 fully saturated rings. The predicted molar refractivity (Wildman–Crippen MR) is 93.1 cm³/mol. The summed E-state index contributed by atoms with van der Waals surface area (Å²) >= 11 is 0. The van der Waals surface area contributed by atoms with Crippen molar-refractivity contribution in [3.63, 3.8) is 0 Å². The monoisotopic (exact) mass is 325 g/mol. The maximum absolute atomic E-state index is 12.7. The van der Waals surface area contributed by atoms with Gasteiger partial charge in [0.1, 0.15) is 0 Å². The topological polar surface area (TPSA) is 62.2 Å². The molecular formula is C18H23N5O. The first-order valence-corrected chi connectivity index (χ1v) is 8.44. The van der Waals surface area contributed by atoms with Gasteiger partial charge in [-0.25, -0.2) is 9.97 Å². The zero-order valence-corrected chi connectivity index (χ0v) is 14.3. The van der Waals surface area contributed by atoms with E-state index in [1.165, 1.54) is 0 Å². The number of hydrogen-bond donors (Lipinski definition) is 0. The van der Waals surface area contributed by atoms with Crippen LogP contribution < -0.4 is 4.90 Å². The third-order valence-corrected chi connectivity index (χ3v) is 4.29. The smallest absolute Gasteiger partial charge is 0.255 e. The Balaban J connectivity index is 1.67. The van der Waals surface area contributed by atoms with Crippen LogP contribution in [0.25, 0.3) is 0 Å². The van der Waals surface area contributed by atoms with Crippen LogP contribution in [0.3, 0.4) is 0 Å². The van der Waals surface area contributed by atoms with Gasteiger partial charge in [-0.3, -0.25) is 9.78 Å². The van der Waals surface area contributed by atoms with E-state index in [-0.39, 0.29) is 5.91 Å². The molecule has 0 bridgehead atoms. The second-order valence-electron chi connectivity index (χ2n) is 6.13. The van der Waals surface area contributed by atoms with Crippen LogP contribution in [0, 0.1) is 6.92 Å². The lowest BCUT2D eigenvalue weighted by Gasteiger charge is -2.22. The Morgan fingerprint density at radius 2 is 1.88 bits per heavy atom. The summed E-state index contributed by atoms with van der Waals surface area (Å²) in [5.74, 6) is 0.800. The van der Waals surface area contributed by atoms with Crippen molar-refractivity contribution in [2.75, 3.05) is 31.1 Å². The molecule has 0 atom stereocenters. The fourth-order valence-electron chi connectivity index (χ4n) is 2.87. The van der Waals surface area contributed by atoms with Crippen molar-refractivity contribution in [3.05, 3.63) is 47.5 Å². The normalized spacial score (nSPS) is 15.2. The lowest BCUT2D eigenvalue weighted by atomic mass is 10.2. The minimum atomic E-state index is 0.0512. The van der Waals surface area contributed by atoms with Gasteiger partial charge in [0.25, 0.3) is 5.91 Å². The molecule has 2 aromatic rings. The number of aromatic nitrogens is 3.